The number of nitrogens with zero attached hydrogens (tertiary/aromatic N) is 2. The van der Waals surface area contributed by atoms with E-state index in [9.17, 15) is 27.9 Å². The quantitative estimate of drug-likeness (QED) is 0.249. The molecule has 0 aromatic heterocycles. The normalized spacial score (nSPS) is 19.7. The molecule has 0 bridgehead atoms. The summed E-state index contributed by atoms with van der Waals surface area (Å²) in [5.41, 5.74) is 1.49. The van der Waals surface area contributed by atoms with E-state index in [0.717, 1.165) is 28.9 Å². The number of carbonyl (C=O) groups is 3. The van der Waals surface area contributed by atoms with Gasteiger partial charge < -0.3 is 21.1 Å². The van der Waals surface area contributed by atoms with Gasteiger partial charge in [0.1, 0.15) is 17.9 Å². The molecule has 3 atom stereocenters. The van der Waals surface area contributed by atoms with Crippen LogP contribution in [0.1, 0.15) is 30.9 Å². The summed E-state index contributed by atoms with van der Waals surface area (Å²) < 4.78 is 27.7. The number of amides is 1. The maximum absolute atomic E-state index is 13.3. The van der Waals surface area contributed by atoms with Crippen LogP contribution in [0.5, 0.6) is 0 Å². The lowest BCUT2D eigenvalue weighted by Gasteiger charge is -2.27. The van der Waals surface area contributed by atoms with Crippen molar-refractivity contribution >= 4 is 45.4 Å². The van der Waals surface area contributed by atoms with Gasteiger partial charge in [-0.2, -0.15) is 4.31 Å². The summed E-state index contributed by atoms with van der Waals surface area (Å²) in [5, 5.41) is 18.2. The van der Waals surface area contributed by atoms with Crippen LogP contribution in [0.15, 0.2) is 64.5 Å². The lowest BCUT2D eigenvalue weighted by Crippen LogP contribution is -2.53. The van der Waals surface area contributed by atoms with Crippen molar-refractivity contribution in [2.75, 3.05) is 25.4 Å². The van der Waals surface area contributed by atoms with Crippen molar-refractivity contribution in [3.63, 3.8) is 0 Å². The van der Waals surface area contributed by atoms with E-state index >= 15 is 0 Å². The highest BCUT2D eigenvalue weighted by Gasteiger charge is 2.45. The number of carboxylic acids is 1. The predicted octanol–water partition coefficient (Wildman–Crippen LogP) is 1.39. The van der Waals surface area contributed by atoms with E-state index in [1.165, 1.54) is 23.9 Å². The maximum atomic E-state index is 13.3. The van der Waals surface area contributed by atoms with Crippen LogP contribution in [-0.2, 0) is 37.2 Å². The topological polar surface area (TPSA) is 157 Å². The number of guanidine groups is 1. The molecule has 4 rings (SSSR count). The van der Waals surface area contributed by atoms with Gasteiger partial charge in [-0.05, 0) is 36.6 Å². The van der Waals surface area contributed by atoms with Crippen LogP contribution >= 0.6 is 11.8 Å². The first-order valence-corrected chi connectivity index (χ1v) is 16.0. The zero-order chi connectivity index (χ0) is 29.4. The second-order valence-corrected chi connectivity index (χ2v) is 13.1. The molecule has 0 spiro atoms. The molecule has 0 radical (unpaired) electrons. The van der Waals surface area contributed by atoms with Gasteiger partial charge in [-0.15, -0.1) is 11.8 Å². The van der Waals surface area contributed by atoms with Crippen molar-refractivity contribution in [3.8, 4) is 0 Å². The predicted molar refractivity (Wildman–Crippen MR) is 157 cm³/mol. The lowest BCUT2D eigenvalue weighted by molar-refractivity contribution is -0.142. The number of hydrogen-bond acceptors (Lipinski definition) is 9. The molecule has 2 aliphatic rings. The molecule has 1 fully saturated rings. The smallest absolute Gasteiger partial charge is 0.326 e. The third-order valence-electron chi connectivity index (χ3n) is 6.86. The molecule has 1 unspecified atom stereocenters. The summed E-state index contributed by atoms with van der Waals surface area (Å²) in [6.45, 7) is 3.95. The molecule has 2 aromatic rings. The van der Waals surface area contributed by atoms with Crippen molar-refractivity contribution in [1.82, 2.24) is 20.3 Å². The number of Topliss-reactive ketones (excluding diaryl/α,β-unsaturated/α-hetero) is 1. The SMILES string of the molecule is CC1SC[C@@H](C(=O)N[C@@H](Cc2ccc(CC(=O)CCCNC3=NCCN3)cc2)C(=O)O)N1S(=O)(=O)c1ccccc1. The monoisotopic (exact) mass is 601 g/mol. The second-order valence-electron chi connectivity index (χ2n) is 9.92. The fraction of sp³-hybridized carbons (Fsp3) is 0.429. The standard InChI is InChI=1S/C28H35N5O6S2/c1-19-33(41(38,39)23-7-3-2-4-8-23)25(18-40-19)26(35)32-24(27(36)37)17-21-11-9-20(10-12-21)16-22(34)6-5-13-29-28-30-14-15-31-28/h2-4,7-12,19,24-25H,5-6,13-18H2,1H3,(H,32,35)(H,36,37)(H2,29,30,31)/t19?,24-,25-/m0/s1. The van der Waals surface area contributed by atoms with Crippen LogP contribution in [0, 0.1) is 0 Å². The van der Waals surface area contributed by atoms with Crippen LogP contribution in [0.2, 0.25) is 0 Å². The Morgan fingerprint density at radius 3 is 2.49 bits per heavy atom. The first kappa shape index (κ1) is 30.5. The van der Waals surface area contributed by atoms with Gasteiger partial charge in [0.05, 0.1) is 16.8 Å². The molecule has 220 valence electrons. The minimum atomic E-state index is -3.96. The number of aliphatic imine (C=N–C) groups is 1. The molecular formula is C28H35N5O6S2. The molecule has 4 N–H and O–H groups in total. The third-order valence-corrected chi connectivity index (χ3v) is 10.2. The van der Waals surface area contributed by atoms with E-state index in [1.54, 1.807) is 49.4 Å². The van der Waals surface area contributed by atoms with Gasteiger partial charge in [0.15, 0.2) is 5.96 Å². The summed E-state index contributed by atoms with van der Waals surface area (Å²) in [6, 6.07) is 12.7. The summed E-state index contributed by atoms with van der Waals surface area (Å²) in [4.78, 5) is 41.9. The average molecular weight is 602 g/mol. The molecular weight excluding hydrogens is 566 g/mol. The molecule has 2 aromatic carbocycles. The number of thioether (sulfide) groups is 1. The first-order valence-electron chi connectivity index (χ1n) is 13.5. The van der Waals surface area contributed by atoms with E-state index in [2.05, 4.69) is 20.9 Å². The van der Waals surface area contributed by atoms with E-state index in [0.29, 0.717) is 24.9 Å². The Kier molecular flexibility index (Phi) is 10.4. The van der Waals surface area contributed by atoms with Crippen LogP contribution in [0.4, 0.5) is 0 Å². The van der Waals surface area contributed by atoms with Crippen molar-refractivity contribution < 1.29 is 27.9 Å². The Morgan fingerprint density at radius 1 is 1.12 bits per heavy atom. The van der Waals surface area contributed by atoms with Crippen molar-refractivity contribution in [2.45, 2.75) is 55.0 Å². The van der Waals surface area contributed by atoms with Crippen LogP contribution < -0.4 is 16.0 Å². The number of nitrogens with one attached hydrogen (secondary N) is 3. The van der Waals surface area contributed by atoms with Gasteiger partial charge in [-0.1, -0.05) is 42.5 Å². The van der Waals surface area contributed by atoms with Crippen molar-refractivity contribution in [2.24, 2.45) is 4.99 Å². The number of carbonyl (C=O) groups excluding carboxylic acids is 2. The number of ketones is 1. The van der Waals surface area contributed by atoms with Gasteiger partial charge in [0.25, 0.3) is 0 Å². The van der Waals surface area contributed by atoms with E-state index in [-0.39, 0.29) is 29.3 Å². The molecule has 11 nitrogen and oxygen atoms in total. The van der Waals surface area contributed by atoms with Crippen molar-refractivity contribution in [1.29, 1.82) is 0 Å². The number of carboxylic acid groups (broad SMARTS) is 1. The Labute approximate surface area is 244 Å². The van der Waals surface area contributed by atoms with Gasteiger partial charge in [0.2, 0.25) is 15.9 Å². The highest BCUT2D eigenvalue weighted by Crippen LogP contribution is 2.34. The molecule has 0 saturated carbocycles. The summed E-state index contributed by atoms with van der Waals surface area (Å²) in [7, 11) is -3.96. The molecule has 2 heterocycles. The second kappa shape index (κ2) is 14.0. The largest absolute Gasteiger partial charge is 0.480 e. The van der Waals surface area contributed by atoms with Gasteiger partial charge in [-0.25, -0.2) is 13.2 Å². The molecule has 2 aliphatic heterocycles. The zero-order valence-corrected chi connectivity index (χ0v) is 24.4. The molecule has 13 heteroatoms. The summed E-state index contributed by atoms with van der Waals surface area (Å²) >= 11 is 1.32. The average Bonchev–Trinajstić information content (AvgIpc) is 3.62. The minimum absolute atomic E-state index is 0.0136. The number of hydrogen-bond donors (Lipinski definition) is 4. The molecule has 1 amide bonds. The van der Waals surface area contributed by atoms with E-state index in [1.807, 2.05) is 0 Å². The lowest BCUT2D eigenvalue weighted by atomic mass is 10.0. The first-order chi connectivity index (χ1) is 19.6. The maximum Gasteiger partial charge on any atom is 0.326 e. The summed E-state index contributed by atoms with van der Waals surface area (Å²) in [6.07, 6.45) is 1.42. The van der Waals surface area contributed by atoms with E-state index < -0.39 is 39.4 Å². The Morgan fingerprint density at radius 2 is 1.83 bits per heavy atom. The number of rotatable bonds is 13. The number of benzene rings is 2. The highest BCUT2D eigenvalue weighted by molar-refractivity contribution is 8.01. The Bertz CT molecular complexity index is 1370. The van der Waals surface area contributed by atoms with E-state index in [4.69, 9.17) is 0 Å². The van der Waals surface area contributed by atoms with Crippen LogP contribution in [-0.4, -0.2) is 84.3 Å². The van der Waals surface area contributed by atoms with Gasteiger partial charge in [0, 0.05) is 38.1 Å². The Hall–Kier alpha value is -3.42. The molecule has 41 heavy (non-hydrogen) atoms. The fourth-order valence-corrected chi connectivity index (χ4v) is 8.04. The summed E-state index contributed by atoms with van der Waals surface area (Å²) in [5.74, 6) is -0.775. The Balaban J connectivity index is 1.31. The highest BCUT2D eigenvalue weighted by atomic mass is 32.2. The van der Waals surface area contributed by atoms with Gasteiger partial charge in [-0.3, -0.25) is 14.6 Å². The number of sulfonamides is 1. The number of aliphatic carboxylic acids is 1. The third kappa shape index (κ3) is 8.08. The van der Waals surface area contributed by atoms with Crippen LogP contribution in [0.25, 0.3) is 0 Å². The fourth-order valence-electron chi connectivity index (χ4n) is 4.72. The molecule has 0 aliphatic carbocycles. The minimum Gasteiger partial charge on any atom is -0.480 e. The van der Waals surface area contributed by atoms with Crippen LogP contribution in [0.3, 0.4) is 0 Å². The molecule has 1 saturated heterocycles. The van der Waals surface area contributed by atoms with Gasteiger partial charge >= 0.3 is 5.97 Å². The zero-order valence-electron chi connectivity index (χ0n) is 22.8. The van der Waals surface area contributed by atoms with Crippen molar-refractivity contribution in [3.05, 3.63) is 65.7 Å².